The van der Waals surface area contributed by atoms with E-state index in [1.807, 2.05) is 0 Å². The van der Waals surface area contributed by atoms with Crippen molar-refractivity contribution >= 4 is 0 Å². The molecule has 1 atom stereocenters. The minimum Gasteiger partial charge on any atom is -0.493 e. The van der Waals surface area contributed by atoms with Crippen molar-refractivity contribution in [1.82, 2.24) is 9.80 Å². The van der Waals surface area contributed by atoms with Crippen molar-refractivity contribution in [2.24, 2.45) is 0 Å². The molecule has 2 aliphatic heterocycles. The zero-order valence-electron chi connectivity index (χ0n) is 12.0. The van der Waals surface area contributed by atoms with E-state index in [0.29, 0.717) is 12.1 Å². The third-order valence-electron chi connectivity index (χ3n) is 4.68. The van der Waals surface area contributed by atoms with Gasteiger partial charge in [-0.1, -0.05) is 18.2 Å². The molecule has 0 amide bonds. The van der Waals surface area contributed by atoms with Crippen LogP contribution in [0.4, 0.5) is 0 Å². The molecule has 1 aromatic rings. The van der Waals surface area contributed by atoms with E-state index in [0.717, 1.165) is 18.8 Å². The lowest BCUT2D eigenvalue weighted by Gasteiger charge is -2.41. The number of fused-ring (bicyclic) bond motifs is 1. The highest BCUT2D eigenvalue weighted by atomic mass is 16.5. The van der Waals surface area contributed by atoms with Gasteiger partial charge in [-0.3, -0.25) is 4.90 Å². The Hall–Kier alpha value is -1.06. The predicted octanol–water partition coefficient (Wildman–Crippen LogP) is 2.54. The van der Waals surface area contributed by atoms with E-state index >= 15 is 0 Å². The lowest BCUT2D eigenvalue weighted by atomic mass is 9.95. The van der Waals surface area contributed by atoms with Gasteiger partial charge in [0.2, 0.25) is 0 Å². The van der Waals surface area contributed by atoms with Crippen LogP contribution in [-0.2, 0) is 0 Å². The van der Waals surface area contributed by atoms with Crippen LogP contribution in [0.1, 0.15) is 30.9 Å². The van der Waals surface area contributed by atoms with Crippen molar-refractivity contribution in [2.75, 3.05) is 33.8 Å². The van der Waals surface area contributed by atoms with Crippen molar-refractivity contribution in [3.63, 3.8) is 0 Å². The number of benzene rings is 1. The third kappa shape index (κ3) is 2.63. The monoisotopic (exact) mass is 260 g/mol. The zero-order chi connectivity index (χ0) is 13.2. The van der Waals surface area contributed by atoms with Crippen LogP contribution in [0.15, 0.2) is 24.3 Å². The third-order valence-corrected chi connectivity index (χ3v) is 4.68. The number of hydrogen-bond acceptors (Lipinski definition) is 3. The topological polar surface area (TPSA) is 15.7 Å². The minimum atomic E-state index is 0.526. The number of para-hydroxylation sites is 1. The van der Waals surface area contributed by atoms with Crippen LogP contribution in [0.2, 0.25) is 0 Å². The molecule has 1 saturated heterocycles. The second-order valence-corrected chi connectivity index (χ2v) is 5.89. The van der Waals surface area contributed by atoms with Gasteiger partial charge in [0.05, 0.1) is 6.61 Å². The molecule has 3 heteroatoms. The molecule has 0 aliphatic carbocycles. The molecule has 104 valence electrons. The van der Waals surface area contributed by atoms with Gasteiger partial charge in [-0.25, -0.2) is 0 Å². The first-order valence-electron chi connectivity index (χ1n) is 7.38. The molecule has 0 spiro atoms. The molecule has 0 bridgehead atoms. The van der Waals surface area contributed by atoms with Crippen LogP contribution < -0.4 is 4.74 Å². The molecule has 2 aliphatic rings. The van der Waals surface area contributed by atoms with Crippen molar-refractivity contribution in [1.29, 1.82) is 0 Å². The lowest BCUT2D eigenvalue weighted by Crippen LogP contribution is -2.44. The SMILES string of the molecule is CN1CCC(N(C)C2CCOc3ccccc32)CC1. The number of nitrogens with zero attached hydrogens (tertiary/aromatic N) is 2. The van der Waals surface area contributed by atoms with Gasteiger partial charge < -0.3 is 9.64 Å². The largest absolute Gasteiger partial charge is 0.493 e. The number of piperidine rings is 1. The molecule has 0 aromatic heterocycles. The summed E-state index contributed by atoms with van der Waals surface area (Å²) in [6.45, 7) is 3.29. The van der Waals surface area contributed by atoms with Crippen LogP contribution in [0.3, 0.4) is 0 Å². The number of hydrogen-bond donors (Lipinski definition) is 0. The second-order valence-electron chi connectivity index (χ2n) is 5.89. The Bertz CT molecular complexity index is 427. The Balaban J connectivity index is 1.75. The van der Waals surface area contributed by atoms with Crippen molar-refractivity contribution in [2.45, 2.75) is 31.3 Å². The van der Waals surface area contributed by atoms with Gasteiger partial charge in [0.15, 0.2) is 0 Å². The highest BCUT2D eigenvalue weighted by Crippen LogP contribution is 2.37. The maximum Gasteiger partial charge on any atom is 0.124 e. The maximum absolute atomic E-state index is 5.77. The molecule has 0 radical (unpaired) electrons. The maximum atomic E-state index is 5.77. The predicted molar refractivity (Wildman–Crippen MR) is 77.6 cm³/mol. The highest BCUT2D eigenvalue weighted by molar-refractivity contribution is 5.37. The molecule has 19 heavy (non-hydrogen) atoms. The van der Waals surface area contributed by atoms with Crippen LogP contribution >= 0.6 is 0 Å². The summed E-state index contributed by atoms with van der Waals surface area (Å²) in [5.74, 6) is 1.08. The molecule has 1 fully saturated rings. The molecule has 1 aromatic carbocycles. The first-order chi connectivity index (χ1) is 9.25. The van der Waals surface area contributed by atoms with E-state index in [2.05, 4.69) is 48.2 Å². The molecular weight excluding hydrogens is 236 g/mol. The Labute approximate surface area is 116 Å². The summed E-state index contributed by atoms with van der Waals surface area (Å²) in [5, 5.41) is 0. The summed E-state index contributed by atoms with van der Waals surface area (Å²) in [6.07, 6.45) is 3.68. The average molecular weight is 260 g/mol. The molecule has 0 N–H and O–H groups in total. The first kappa shape index (κ1) is 12.9. The van der Waals surface area contributed by atoms with Crippen LogP contribution in [0.25, 0.3) is 0 Å². The molecular formula is C16H24N2O. The summed E-state index contributed by atoms with van der Waals surface area (Å²) in [7, 11) is 4.52. The van der Waals surface area contributed by atoms with Crippen molar-refractivity contribution in [3.05, 3.63) is 29.8 Å². The standard InChI is InChI=1S/C16H24N2O/c1-17-10-7-13(8-11-17)18(2)15-9-12-19-16-6-4-3-5-14(15)16/h3-6,13,15H,7-12H2,1-2H3. The van der Waals surface area contributed by atoms with E-state index < -0.39 is 0 Å². The van der Waals surface area contributed by atoms with Crippen molar-refractivity contribution in [3.8, 4) is 5.75 Å². The highest BCUT2D eigenvalue weighted by Gasteiger charge is 2.30. The summed E-state index contributed by atoms with van der Waals surface area (Å²) in [5.41, 5.74) is 1.37. The summed E-state index contributed by atoms with van der Waals surface area (Å²) >= 11 is 0. The Morgan fingerprint density at radius 1 is 1.16 bits per heavy atom. The minimum absolute atomic E-state index is 0.526. The Morgan fingerprint density at radius 3 is 2.68 bits per heavy atom. The molecule has 0 saturated carbocycles. The first-order valence-corrected chi connectivity index (χ1v) is 7.38. The van der Waals surface area contributed by atoms with Gasteiger partial charge in [0, 0.05) is 24.1 Å². The van der Waals surface area contributed by atoms with Gasteiger partial charge in [-0.15, -0.1) is 0 Å². The van der Waals surface area contributed by atoms with Gasteiger partial charge in [0.25, 0.3) is 0 Å². The zero-order valence-corrected chi connectivity index (χ0v) is 12.0. The summed E-state index contributed by atoms with van der Waals surface area (Å²) < 4.78 is 5.77. The number of ether oxygens (including phenoxy) is 1. The van der Waals surface area contributed by atoms with E-state index in [-0.39, 0.29) is 0 Å². The van der Waals surface area contributed by atoms with Gasteiger partial charge in [-0.2, -0.15) is 0 Å². The second kappa shape index (κ2) is 5.51. The van der Waals surface area contributed by atoms with Gasteiger partial charge >= 0.3 is 0 Å². The normalized spacial score (nSPS) is 25.1. The number of likely N-dealkylation sites (tertiary alicyclic amines) is 1. The fourth-order valence-corrected chi connectivity index (χ4v) is 3.40. The molecule has 3 nitrogen and oxygen atoms in total. The van der Waals surface area contributed by atoms with Crippen LogP contribution in [0.5, 0.6) is 5.75 Å². The summed E-state index contributed by atoms with van der Waals surface area (Å²) in [6, 6.07) is 9.76. The van der Waals surface area contributed by atoms with Crippen LogP contribution in [0, 0.1) is 0 Å². The molecule has 3 rings (SSSR count). The quantitative estimate of drug-likeness (QED) is 0.812. The van der Waals surface area contributed by atoms with E-state index in [1.165, 1.54) is 31.5 Å². The lowest BCUT2D eigenvalue weighted by molar-refractivity contribution is 0.0831. The van der Waals surface area contributed by atoms with E-state index in [1.54, 1.807) is 0 Å². The molecule has 1 unspecified atom stereocenters. The van der Waals surface area contributed by atoms with E-state index in [4.69, 9.17) is 4.74 Å². The van der Waals surface area contributed by atoms with Crippen LogP contribution in [-0.4, -0.2) is 49.6 Å². The fourth-order valence-electron chi connectivity index (χ4n) is 3.40. The number of rotatable bonds is 2. The smallest absolute Gasteiger partial charge is 0.124 e. The van der Waals surface area contributed by atoms with Crippen molar-refractivity contribution < 1.29 is 4.74 Å². The van der Waals surface area contributed by atoms with Gasteiger partial charge in [-0.05, 0) is 46.1 Å². The Kier molecular flexibility index (Phi) is 3.76. The average Bonchev–Trinajstić information content (AvgIpc) is 2.47. The summed E-state index contributed by atoms with van der Waals surface area (Å²) in [4.78, 5) is 5.02. The Morgan fingerprint density at radius 2 is 1.89 bits per heavy atom. The van der Waals surface area contributed by atoms with E-state index in [9.17, 15) is 0 Å². The molecule has 2 heterocycles. The fraction of sp³-hybridized carbons (Fsp3) is 0.625. The van der Waals surface area contributed by atoms with Gasteiger partial charge in [0.1, 0.15) is 5.75 Å².